The van der Waals surface area contributed by atoms with Crippen LogP contribution in [0.4, 0.5) is 0 Å². The van der Waals surface area contributed by atoms with Crippen molar-refractivity contribution in [3.63, 3.8) is 0 Å². The number of thioether (sulfide) groups is 1. The number of ether oxygens (including phenoxy) is 1. The Morgan fingerprint density at radius 2 is 2.17 bits per heavy atom. The molecule has 1 rings (SSSR count). The molecular formula is C15H25NOS. The molecule has 18 heavy (non-hydrogen) atoms. The minimum absolute atomic E-state index is 0.524. The van der Waals surface area contributed by atoms with Crippen molar-refractivity contribution in [2.45, 2.75) is 32.7 Å². The lowest BCUT2D eigenvalue weighted by Crippen LogP contribution is -2.34. The lowest BCUT2D eigenvalue weighted by molar-refractivity contribution is 0.406. The minimum atomic E-state index is 0.524. The molecule has 2 nitrogen and oxygen atoms in total. The van der Waals surface area contributed by atoms with Gasteiger partial charge in [0, 0.05) is 11.8 Å². The zero-order chi connectivity index (χ0) is 13.4. The van der Waals surface area contributed by atoms with E-state index in [2.05, 4.69) is 43.6 Å². The average Bonchev–Trinajstić information content (AvgIpc) is 2.36. The quantitative estimate of drug-likeness (QED) is 0.781. The van der Waals surface area contributed by atoms with Gasteiger partial charge in [-0.2, -0.15) is 11.8 Å². The SMILES string of the molecule is CCCNC(CSC)Cc1cc(C)ccc1OC. The molecule has 0 fully saturated rings. The summed E-state index contributed by atoms with van der Waals surface area (Å²) in [4.78, 5) is 0. The fourth-order valence-electron chi connectivity index (χ4n) is 2.07. The van der Waals surface area contributed by atoms with Crippen molar-refractivity contribution in [1.82, 2.24) is 5.32 Å². The maximum absolute atomic E-state index is 5.45. The highest BCUT2D eigenvalue weighted by atomic mass is 32.2. The van der Waals surface area contributed by atoms with Crippen LogP contribution in [0.2, 0.25) is 0 Å². The second-order valence-corrected chi connectivity index (χ2v) is 5.54. The van der Waals surface area contributed by atoms with Gasteiger partial charge in [-0.1, -0.05) is 24.6 Å². The molecule has 1 aromatic carbocycles. The predicted octanol–water partition coefficient (Wildman–Crippen LogP) is 3.28. The van der Waals surface area contributed by atoms with E-state index >= 15 is 0 Å². The second-order valence-electron chi connectivity index (χ2n) is 4.63. The number of rotatable bonds is 8. The third kappa shape index (κ3) is 4.91. The lowest BCUT2D eigenvalue weighted by atomic mass is 10.0. The van der Waals surface area contributed by atoms with Gasteiger partial charge in [-0.15, -0.1) is 0 Å². The van der Waals surface area contributed by atoms with Gasteiger partial charge in [0.1, 0.15) is 5.75 Å². The number of nitrogens with one attached hydrogen (secondary N) is 1. The Balaban J connectivity index is 2.74. The molecule has 0 aromatic heterocycles. The molecule has 3 heteroatoms. The molecule has 1 N–H and O–H groups in total. The molecule has 0 aliphatic heterocycles. The Hall–Kier alpha value is -0.670. The van der Waals surface area contributed by atoms with Crippen LogP contribution in [0.25, 0.3) is 0 Å². The third-order valence-electron chi connectivity index (χ3n) is 2.95. The van der Waals surface area contributed by atoms with Crippen molar-refractivity contribution in [2.24, 2.45) is 0 Å². The molecule has 0 aliphatic carbocycles. The van der Waals surface area contributed by atoms with Gasteiger partial charge in [-0.05, 0) is 44.2 Å². The first kappa shape index (κ1) is 15.4. The van der Waals surface area contributed by atoms with Crippen molar-refractivity contribution in [3.8, 4) is 5.75 Å². The fraction of sp³-hybridized carbons (Fsp3) is 0.600. The van der Waals surface area contributed by atoms with Crippen LogP contribution < -0.4 is 10.1 Å². The predicted molar refractivity (Wildman–Crippen MR) is 81.9 cm³/mol. The molecule has 102 valence electrons. The summed E-state index contributed by atoms with van der Waals surface area (Å²) in [6, 6.07) is 6.93. The van der Waals surface area contributed by atoms with Crippen LogP contribution in [-0.2, 0) is 6.42 Å². The smallest absolute Gasteiger partial charge is 0.122 e. The van der Waals surface area contributed by atoms with Crippen molar-refractivity contribution in [1.29, 1.82) is 0 Å². The first-order chi connectivity index (χ1) is 8.71. The summed E-state index contributed by atoms with van der Waals surface area (Å²) >= 11 is 1.89. The van der Waals surface area contributed by atoms with E-state index in [1.165, 1.54) is 17.5 Å². The molecule has 0 radical (unpaired) electrons. The third-order valence-corrected chi connectivity index (χ3v) is 3.69. The lowest BCUT2D eigenvalue weighted by Gasteiger charge is -2.19. The standard InChI is InChI=1S/C15H25NOS/c1-5-8-16-14(11-18-4)10-13-9-12(2)6-7-15(13)17-3/h6-7,9,14,16H,5,8,10-11H2,1-4H3. The first-order valence-corrected chi connectivity index (χ1v) is 7.96. The highest BCUT2D eigenvalue weighted by Gasteiger charge is 2.11. The maximum atomic E-state index is 5.45. The summed E-state index contributed by atoms with van der Waals surface area (Å²) in [6.07, 6.45) is 4.37. The zero-order valence-electron chi connectivity index (χ0n) is 12.0. The molecule has 0 heterocycles. The molecule has 1 aromatic rings. The van der Waals surface area contributed by atoms with E-state index in [0.717, 1.165) is 24.5 Å². The van der Waals surface area contributed by atoms with E-state index in [-0.39, 0.29) is 0 Å². The highest BCUT2D eigenvalue weighted by Crippen LogP contribution is 2.21. The van der Waals surface area contributed by atoms with Crippen LogP contribution in [0.15, 0.2) is 18.2 Å². The summed E-state index contributed by atoms with van der Waals surface area (Å²) in [5, 5.41) is 3.61. The van der Waals surface area contributed by atoms with Gasteiger partial charge < -0.3 is 10.1 Å². The Bertz CT molecular complexity index is 354. The van der Waals surface area contributed by atoms with E-state index in [1.807, 2.05) is 11.8 Å². The van der Waals surface area contributed by atoms with Crippen molar-refractivity contribution >= 4 is 11.8 Å². The Kier molecular flexibility index (Phi) is 7.21. The van der Waals surface area contributed by atoms with Crippen LogP contribution in [-0.4, -0.2) is 31.7 Å². The van der Waals surface area contributed by atoms with Gasteiger partial charge in [0.15, 0.2) is 0 Å². The Morgan fingerprint density at radius 3 is 2.78 bits per heavy atom. The van der Waals surface area contributed by atoms with Gasteiger partial charge in [0.2, 0.25) is 0 Å². The number of hydrogen-bond donors (Lipinski definition) is 1. The normalized spacial score (nSPS) is 12.4. The summed E-state index contributed by atoms with van der Waals surface area (Å²) < 4.78 is 5.45. The van der Waals surface area contributed by atoms with Gasteiger partial charge in [0.25, 0.3) is 0 Å². The van der Waals surface area contributed by atoms with Crippen molar-refractivity contribution in [3.05, 3.63) is 29.3 Å². The number of methoxy groups -OCH3 is 1. The Labute approximate surface area is 116 Å². The summed E-state index contributed by atoms with van der Waals surface area (Å²) in [5.41, 5.74) is 2.60. The van der Waals surface area contributed by atoms with E-state index in [0.29, 0.717) is 6.04 Å². The zero-order valence-corrected chi connectivity index (χ0v) is 12.8. The molecule has 1 unspecified atom stereocenters. The number of hydrogen-bond acceptors (Lipinski definition) is 3. The summed E-state index contributed by atoms with van der Waals surface area (Å²) in [7, 11) is 1.75. The molecule has 0 spiro atoms. The van der Waals surface area contributed by atoms with E-state index < -0.39 is 0 Å². The fourth-order valence-corrected chi connectivity index (χ4v) is 2.71. The summed E-state index contributed by atoms with van der Waals surface area (Å²) in [6.45, 7) is 5.42. The molecule has 1 atom stereocenters. The molecule has 0 amide bonds. The van der Waals surface area contributed by atoms with E-state index in [1.54, 1.807) is 7.11 Å². The minimum Gasteiger partial charge on any atom is -0.496 e. The van der Waals surface area contributed by atoms with Crippen molar-refractivity contribution < 1.29 is 4.74 Å². The molecular weight excluding hydrogens is 242 g/mol. The van der Waals surface area contributed by atoms with Gasteiger partial charge in [-0.25, -0.2) is 0 Å². The van der Waals surface area contributed by atoms with Gasteiger partial charge >= 0.3 is 0 Å². The van der Waals surface area contributed by atoms with Crippen LogP contribution in [0.1, 0.15) is 24.5 Å². The van der Waals surface area contributed by atoms with Crippen LogP contribution in [0.5, 0.6) is 5.75 Å². The highest BCUT2D eigenvalue weighted by molar-refractivity contribution is 7.98. The maximum Gasteiger partial charge on any atom is 0.122 e. The monoisotopic (exact) mass is 267 g/mol. The van der Waals surface area contributed by atoms with Crippen LogP contribution >= 0.6 is 11.8 Å². The van der Waals surface area contributed by atoms with Gasteiger partial charge in [0.05, 0.1) is 7.11 Å². The van der Waals surface area contributed by atoms with Crippen molar-refractivity contribution in [2.75, 3.05) is 25.7 Å². The van der Waals surface area contributed by atoms with E-state index in [4.69, 9.17) is 4.74 Å². The van der Waals surface area contributed by atoms with E-state index in [9.17, 15) is 0 Å². The average molecular weight is 267 g/mol. The molecule has 0 saturated carbocycles. The second kappa shape index (κ2) is 8.44. The first-order valence-electron chi connectivity index (χ1n) is 6.57. The molecule has 0 saturated heterocycles. The Morgan fingerprint density at radius 1 is 1.39 bits per heavy atom. The number of aryl methyl sites for hydroxylation is 1. The van der Waals surface area contributed by atoms with Crippen LogP contribution in [0.3, 0.4) is 0 Å². The van der Waals surface area contributed by atoms with Crippen LogP contribution in [0, 0.1) is 6.92 Å². The largest absolute Gasteiger partial charge is 0.496 e. The number of benzene rings is 1. The van der Waals surface area contributed by atoms with Gasteiger partial charge in [-0.3, -0.25) is 0 Å². The molecule has 0 bridgehead atoms. The topological polar surface area (TPSA) is 21.3 Å². The summed E-state index contributed by atoms with van der Waals surface area (Å²) in [5.74, 6) is 2.14. The molecule has 0 aliphatic rings.